The zero-order valence-corrected chi connectivity index (χ0v) is 14.0. The molecule has 0 aliphatic carbocycles. The Balaban J connectivity index is 2.10. The molecule has 134 valence electrons. The molecular weight excluding hydrogens is 339 g/mol. The fourth-order valence-electron chi connectivity index (χ4n) is 2.40. The summed E-state index contributed by atoms with van der Waals surface area (Å²) in [6.07, 6.45) is 5.93. The Morgan fingerprint density at radius 3 is 2.96 bits per heavy atom. The summed E-state index contributed by atoms with van der Waals surface area (Å²) in [5.74, 6) is -1.10. The zero-order chi connectivity index (χ0) is 20.5. The number of halogens is 1. The van der Waals surface area contributed by atoms with E-state index >= 15 is 0 Å². The number of hydrogen-bond donors (Lipinski definition) is 1. The van der Waals surface area contributed by atoms with Gasteiger partial charge in [0.1, 0.15) is 41.8 Å². The maximum atomic E-state index is 13.7. The Kier molecular flexibility index (Phi) is 4.21. The fourth-order valence-corrected chi connectivity index (χ4v) is 2.40. The summed E-state index contributed by atoms with van der Waals surface area (Å²) in [6, 6.07) is 1.56. The van der Waals surface area contributed by atoms with Crippen molar-refractivity contribution in [3.05, 3.63) is 59.8 Å². The van der Waals surface area contributed by atoms with Crippen LogP contribution in [0.3, 0.4) is 0 Å². The molecule has 2 heterocycles. The molecule has 0 bridgehead atoms. The van der Waals surface area contributed by atoms with E-state index in [-0.39, 0.29) is 29.1 Å². The lowest BCUT2D eigenvalue weighted by Gasteiger charge is -2.14. The lowest BCUT2D eigenvalue weighted by Crippen LogP contribution is -2.10. The first-order valence-electron chi connectivity index (χ1n) is 8.75. The molecule has 0 amide bonds. The number of imidazole rings is 1. The summed E-state index contributed by atoms with van der Waals surface area (Å²) in [4.78, 5) is 23.5. The largest absolute Gasteiger partial charge is 0.507 e. The first-order valence-corrected chi connectivity index (χ1v) is 7.75. The van der Waals surface area contributed by atoms with E-state index in [4.69, 9.17) is 7.48 Å². The molecule has 2 aromatic heterocycles. The lowest BCUT2D eigenvalue weighted by atomic mass is 10.2. The van der Waals surface area contributed by atoms with Crippen molar-refractivity contribution in [1.29, 1.82) is 0 Å². The minimum Gasteiger partial charge on any atom is -0.507 e. The summed E-state index contributed by atoms with van der Waals surface area (Å²) < 4.78 is 37.3. The van der Waals surface area contributed by atoms with Gasteiger partial charge >= 0.3 is 0 Å². The summed E-state index contributed by atoms with van der Waals surface area (Å²) in [5, 5.41) is 9.73. The standard InChI is InChI=1S/C18H17FN4O3/c1-11(2)17-21-3-4-23(17)18-12(7-20-10-22-18)9-26-16-6-13(19)5-15(25)14(16)8-24/h3-8,10-11,25H,9H2,1-2H3/i9D2. The van der Waals surface area contributed by atoms with E-state index < -0.39 is 23.9 Å². The number of benzene rings is 1. The molecule has 0 atom stereocenters. The second-order valence-electron chi connectivity index (χ2n) is 5.73. The van der Waals surface area contributed by atoms with Gasteiger partial charge in [0, 0.05) is 36.6 Å². The predicted molar refractivity (Wildman–Crippen MR) is 91.0 cm³/mol. The highest BCUT2D eigenvalue weighted by Crippen LogP contribution is 2.28. The van der Waals surface area contributed by atoms with Crippen molar-refractivity contribution in [3.63, 3.8) is 0 Å². The molecule has 7 nitrogen and oxygen atoms in total. The quantitative estimate of drug-likeness (QED) is 0.681. The molecule has 0 spiro atoms. The number of rotatable bonds is 6. The Morgan fingerprint density at radius 1 is 1.42 bits per heavy atom. The molecule has 1 N–H and O–H groups in total. The van der Waals surface area contributed by atoms with Gasteiger partial charge in [0.2, 0.25) is 0 Å². The maximum Gasteiger partial charge on any atom is 0.157 e. The first kappa shape index (κ1) is 15.0. The van der Waals surface area contributed by atoms with Gasteiger partial charge in [-0.15, -0.1) is 0 Å². The summed E-state index contributed by atoms with van der Waals surface area (Å²) in [7, 11) is 0. The molecule has 0 unspecified atom stereocenters. The van der Waals surface area contributed by atoms with E-state index in [1.165, 1.54) is 12.5 Å². The van der Waals surface area contributed by atoms with Crippen molar-refractivity contribution in [2.24, 2.45) is 0 Å². The first-order chi connectivity index (χ1) is 13.2. The van der Waals surface area contributed by atoms with Gasteiger partial charge in [-0.2, -0.15) is 0 Å². The fraction of sp³-hybridized carbons (Fsp3) is 0.222. The number of carbonyl (C=O) groups is 1. The molecule has 3 rings (SSSR count). The Morgan fingerprint density at radius 2 is 2.23 bits per heavy atom. The molecule has 0 saturated carbocycles. The molecule has 1 aromatic carbocycles. The van der Waals surface area contributed by atoms with Crippen molar-refractivity contribution in [1.82, 2.24) is 19.5 Å². The average molecular weight is 358 g/mol. The van der Waals surface area contributed by atoms with Crippen molar-refractivity contribution < 1.29 is 21.8 Å². The maximum absolute atomic E-state index is 13.7. The van der Waals surface area contributed by atoms with Crippen LogP contribution in [0.25, 0.3) is 5.82 Å². The van der Waals surface area contributed by atoms with Crippen LogP contribution in [0.4, 0.5) is 4.39 Å². The number of carbonyl (C=O) groups excluding carboxylic acids is 1. The Labute approximate surface area is 151 Å². The minimum absolute atomic E-state index is 0.0337. The van der Waals surface area contributed by atoms with Crippen molar-refractivity contribution >= 4 is 6.29 Å². The molecular formula is C18H17FN4O3. The number of ether oxygens (including phenoxy) is 1. The third kappa shape index (κ3) is 3.39. The van der Waals surface area contributed by atoms with Gasteiger partial charge in [-0.05, 0) is 0 Å². The summed E-state index contributed by atoms with van der Waals surface area (Å²) >= 11 is 0. The molecule has 26 heavy (non-hydrogen) atoms. The van der Waals surface area contributed by atoms with Crippen LogP contribution >= 0.6 is 0 Å². The highest BCUT2D eigenvalue weighted by atomic mass is 19.1. The van der Waals surface area contributed by atoms with Gasteiger partial charge in [0.25, 0.3) is 0 Å². The van der Waals surface area contributed by atoms with E-state index in [9.17, 15) is 14.3 Å². The van der Waals surface area contributed by atoms with Crippen LogP contribution in [0.5, 0.6) is 11.5 Å². The van der Waals surface area contributed by atoms with Gasteiger partial charge in [-0.3, -0.25) is 9.36 Å². The second-order valence-corrected chi connectivity index (χ2v) is 5.73. The molecule has 0 saturated heterocycles. The van der Waals surface area contributed by atoms with Crippen LogP contribution in [0.2, 0.25) is 0 Å². The number of hydrogen-bond acceptors (Lipinski definition) is 6. The van der Waals surface area contributed by atoms with Crippen LogP contribution in [-0.2, 0) is 6.56 Å². The third-order valence-corrected chi connectivity index (χ3v) is 3.58. The molecule has 0 radical (unpaired) electrons. The summed E-state index contributed by atoms with van der Waals surface area (Å²) in [5.41, 5.74) is -0.426. The van der Waals surface area contributed by atoms with E-state index in [0.29, 0.717) is 5.82 Å². The zero-order valence-electron chi connectivity index (χ0n) is 16.0. The topological polar surface area (TPSA) is 90.1 Å². The van der Waals surface area contributed by atoms with E-state index in [2.05, 4.69) is 15.0 Å². The predicted octanol–water partition coefficient (Wildman–Crippen LogP) is 3.02. The van der Waals surface area contributed by atoms with Crippen LogP contribution in [-0.4, -0.2) is 30.9 Å². The number of aromatic nitrogens is 4. The second kappa shape index (κ2) is 7.30. The SMILES string of the molecule is [2H]C([2H])(Oc1cc(F)cc(O)c1C=O)c1cncnc1-n1ccnc1C(C)C. The number of nitrogens with zero attached hydrogens (tertiary/aromatic N) is 4. The Bertz CT molecular complexity index is 1020. The summed E-state index contributed by atoms with van der Waals surface area (Å²) in [6.45, 7) is 1.31. The monoisotopic (exact) mass is 358 g/mol. The number of aldehydes is 1. The lowest BCUT2D eigenvalue weighted by molar-refractivity contribution is 0.111. The van der Waals surface area contributed by atoms with Crippen LogP contribution in [0, 0.1) is 5.82 Å². The van der Waals surface area contributed by atoms with Gasteiger partial charge < -0.3 is 9.84 Å². The van der Waals surface area contributed by atoms with E-state index in [0.717, 1.165) is 12.1 Å². The van der Waals surface area contributed by atoms with Gasteiger partial charge in [-0.25, -0.2) is 19.3 Å². The Hall–Kier alpha value is -3.29. The molecule has 0 fully saturated rings. The van der Waals surface area contributed by atoms with Crippen LogP contribution in [0.15, 0.2) is 37.1 Å². The highest BCUT2D eigenvalue weighted by Gasteiger charge is 2.16. The normalized spacial score (nSPS) is 12.6. The molecule has 0 aliphatic rings. The number of phenols is 1. The van der Waals surface area contributed by atoms with Crippen molar-refractivity contribution in [2.45, 2.75) is 26.3 Å². The van der Waals surface area contributed by atoms with E-state index in [1.54, 1.807) is 17.0 Å². The van der Waals surface area contributed by atoms with E-state index in [1.807, 2.05) is 13.8 Å². The molecule has 8 heteroatoms. The highest BCUT2D eigenvalue weighted by molar-refractivity contribution is 5.83. The van der Waals surface area contributed by atoms with Crippen LogP contribution < -0.4 is 4.74 Å². The third-order valence-electron chi connectivity index (χ3n) is 3.58. The number of aromatic hydroxyl groups is 1. The van der Waals surface area contributed by atoms with Crippen molar-refractivity contribution in [3.8, 4) is 17.3 Å². The van der Waals surface area contributed by atoms with Gasteiger partial charge in [0.15, 0.2) is 6.29 Å². The molecule has 0 aliphatic heterocycles. The van der Waals surface area contributed by atoms with Gasteiger partial charge in [0.05, 0.1) is 13.9 Å². The smallest absolute Gasteiger partial charge is 0.157 e. The average Bonchev–Trinajstić information content (AvgIpc) is 3.11. The minimum atomic E-state index is -2.55. The van der Waals surface area contributed by atoms with Crippen LogP contribution in [0.1, 0.15) is 44.3 Å². The van der Waals surface area contributed by atoms with Crippen molar-refractivity contribution in [2.75, 3.05) is 0 Å². The number of phenolic OH excluding ortho intramolecular Hbond substituents is 1. The van der Waals surface area contributed by atoms with Gasteiger partial charge in [-0.1, -0.05) is 13.8 Å². The molecule has 3 aromatic rings.